The molecule has 0 heterocycles. The van der Waals surface area contributed by atoms with Gasteiger partial charge in [0.15, 0.2) is 0 Å². The van der Waals surface area contributed by atoms with Gasteiger partial charge in [0.1, 0.15) is 5.92 Å². The van der Waals surface area contributed by atoms with Crippen molar-refractivity contribution in [2.75, 3.05) is 6.61 Å². The van der Waals surface area contributed by atoms with E-state index in [4.69, 9.17) is 4.74 Å². The summed E-state index contributed by atoms with van der Waals surface area (Å²) in [6, 6.07) is 16.2. The number of benzene rings is 2. The summed E-state index contributed by atoms with van der Waals surface area (Å²) in [7, 11) is -3.86. The second-order valence-corrected chi connectivity index (χ2v) is 9.05. The van der Waals surface area contributed by atoms with Crippen LogP contribution in [0.2, 0.25) is 0 Å². The van der Waals surface area contributed by atoms with Crippen molar-refractivity contribution < 1.29 is 17.9 Å². The maximum absolute atomic E-state index is 12.8. The molecule has 0 saturated heterocycles. The Labute approximate surface area is 177 Å². The number of sulfonamides is 1. The zero-order chi connectivity index (χ0) is 21.7. The molecule has 158 valence electrons. The highest BCUT2D eigenvalue weighted by atomic mass is 32.2. The monoisotopic (exact) mass is 426 g/mol. The Bertz CT molecular complexity index is 1060. The van der Waals surface area contributed by atoms with Crippen LogP contribution in [0, 0.1) is 12.8 Å². The van der Waals surface area contributed by atoms with E-state index in [2.05, 4.69) is 9.93 Å². The third kappa shape index (κ3) is 4.97. The molecule has 2 aromatic rings. The number of carbonyl (C=O) groups is 1. The maximum Gasteiger partial charge on any atom is 0.315 e. The lowest BCUT2D eigenvalue weighted by atomic mass is 9.75. The molecule has 1 aliphatic rings. The second-order valence-electron chi connectivity index (χ2n) is 7.39. The first-order chi connectivity index (χ1) is 14.3. The summed E-state index contributed by atoms with van der Waals surface area (Å²) in [5.74, 6) is -1.29. The highest BCUT2D eigenvalue weighted by molar-refractivity contribution is 7.89. The van der Waals surface area contributed by atoms with Gasteiger partial charge in [-0.1, -0.05) is 53.6 Å². The molecule has 1 N–H and O–H groups in total. The third-order valence-corrected chi connectivity index (χ3v) is 6.28. The molecular formula is C23H26N2O4S. The highest BCUT2D eigenvalue weighted by Crippen LogP contribution is 2.37. The van der Waals surface area contributed by atoms with E-state index >= 15 is 0 Å². The Morgan fingerprint density at radius 3 is 2.40 bits per heavy atom. The van der Waals surface area contributed by atoms with Crippen LogP contribution in [0.3, 0.4) is 0 Å². The van der Waals surface area contributed by atoms with Crippen LogP contribution in [0.4, 0.5) is 0 Å². The smallest absolute Gasteiger partial charge is 0.315 e. The molecule has 0 radical (unpaired) electrons. The van der Waals surface area contributed by atoms with Crippen LogP contribution in [-0.4, -0.2) is 26.7 Å². The average Bonchev–Trinajstić information content (AvgIpc) is 2.73. The van der Waals surface area contributed by atoms with Crippen LogP contribution in [0.25, 0.3) is 0 Å². The minimum absolute atomic E-state index is 0.112. The molecule has 0 spiro atoms. The van der Waals surface area contributed by atoms with Crippen molar-refractivity contribution in [2.45, 2.75) is 38.0 Å². The van der Waals surface area contributed by atoms with Crippen LogP contribution in [0.1, 0.15) is 37.3 Å². The Morgan fingerprint density at radius 1 is 1.10 bits per heavy atom. The predicted octanol–water partition coefficient (Wildman–Crippen LogP) is 3.94. The molecule has 0 aliphatic heterocycles. The number of esters is 1. The van der Waals surface area contributed by atoms with Crippen LogP contribution < -0.4 is 4.83 Å². The van der Waals surface area contributed by atoms with Gasteiger partial charge < -0.3 is 4.74 Å². The number of allylic oxidation sites excluding steroid dienone is 2. The zero-order valence-electron chi connectivity index (χ0n) is 17.3. The van der Waals surface area contributed by atoms with Crippen molar-refractivity contribution in [1.29, 1.82) is 0 Å². The Morgan fingerprint density at radius 2 is 1.77 bits per heavy atom. The molecule has 7 heteroatoms. The van der Waals surface area contributed by atoms with Gasteiger partial charge in [-0.3, -0.25) is 4.79 Å². The standard InChI is InChI=1S/C23H26N2O4S/c1-4-29-23(26)22-20(18-8-6-5-7-9-18)14-17(3)15-21(22)24-25-30(27,28)19-12-10-16(2)11-13-19/h5-13,15,20,22,25H,4,14H2,1-3H3/b24-21-/t20-,22+/m1/s1. The molecule has 0 fully saturated rings. The van der Waals surface area contributed by atoms with Crippen molar-refractivity contribution >= 4 is 21.7 Å². The fourth-order valence-electron chi connectivity index (χ4n) is 3.58. The Hall–Kier alpha value is -2.93. The molecule has 2 aromatic carbocycles. The van der Waals surface area contributed by atoms with Crippen molar-refractivity contribution in [3.05, 3.63) is 77.4 Å². The van der Waals surface area contributed by atoms with Crippen molar-refractivity contribution in [3.8, 4) is 0 Å². The van der Waals surface area contributed by atoms with Gasteiger partial charge in [-0.05, 0) is 51.0 Å². The van der Waals surface area contributed by atoms with Crippen molar-refractivity contribution in [2.24, 2.45) is 11.0 Å². The lowest BCUT2D eigenvalue weighted by Gasteiger charge is -2.30. The number of nitrogens with zero attached hydrogens (tertiary/aromatic N) is 1. The lowest BCUT2D eigenvalue weighted by molar-refractivity contribution is -0.146. The fraction of sp³-hybridized carbons (Fsp3) is 0.304. The minimum Gasteiger partial charge on any atom is -0.465 e. The van der Waals surface area contributed by atoms with E-state index in [0.717, 1.165) is 16.7 Å². The first kappa shape index (κ1) is 21.8. The van der Waals surface area contributed by atoms with Crippen molar-refractivity contribution in [3.63, 3.8) is 0 Å². The van der Waals surface area contributed by atoms with Gasteiger partial charge in [0.2, 0.25) is 0 Å². The zero-order valence-corrected chi connectivity index (χ0v) is 18.1. The van der Waals surface area contributed by atoms with Crippen LogP contribution in [0.15, 0.2) is 76.2 Å². The molecule has 2 atom stereocenters. The van der Waals surface area contributed by atoms with Gasteiger partial charge in [0.05, 0.1) is 17.2 Å². The van der Waals surface area contributed by atoms with E-state index in [-0.39, 0.29) is 17.4 Å². The molecule has 3 rings (SSSR count). The molecule has 0 unspecified atom stereocenters. The maximum atomic E-state index is 12.8. The molecule has 6 nitrogen and oxygen atoms in total. The number of rotatable bonds is 6. The summed E-state index contributed by atoms with van der Waals surface area (Å²) in [6.07, 6.45) is 2.43. The summed E-state index contributed by atoms with van der Waals surface area (Å²) in [6.45, 7) is 5.81. The summed E-state index contributed by atoms with van der Waals surface area (Å²) in [5.41, 5.74) is 3.30. The molecule has 30 heavy (non-hydrogen) atoms. The summed E-state index contributed by atoms with van der Waals surface area (Å²) < 4.78 is 30.6. The summed E-state index contributed by atoms with van der Waals surface area (Å²) >= 11 is 0. The molecular weight excluding hydrogens is 400 g/mol. The van der Waals surface area contributed by atoms with E-state index in [9.17, 15) is 13.2 Å². The van der Waals surface area contributed by atoms with E-state index in [1.54, 1.807) is 25.1 Å². The van der Waals surface area contributed by atoms with E-state index in [1.807, 2.05) is 44.2 Å². The van der Waals surface area contributed by atoms with Crippen molar-refractivity contribution in [1.82, 2.24) is 4.83 Å². The van der Waals surface area contributed by atoms with Crippen LogP contribution >= 0.6 is 0 Å². The number of ether oxygens (including phenoxy) is 1. The van der Waals surface area contributed by atoms with Gasteiger partial charge in [-0.15, -0.1) is 0 Å². The molecule has 0 amide bonds. The highest BCUT2D eigenvalue weighted by Gasteiger charge is 2.37. The molecule has 0 aromatic heterocycles. The van der Waals surface area contributed by atoms with Gasteiger partial charge in [0, 0.05) is 5.92 Å². The van der Waals surface area contributed by atoms with E-state index in [1.165, 1.54) is 12.1 Å². The third-order valence-electron chi connectivity index (χ3n) is 5.05. The Balaban J connectivity index is 1.98. The molecule has 1 aliphatic carbocycles. The van der Waals surface area contributed by atoms with Gasteiger partial charge in [-0.2, -0.15) is 18.4 Å². The minimum atomic E-state index is -3.86. The number of aryl methyl sites for hydroxylation is 1. The average molecular weight is 427 g/mol. The molecule has 0 saturated carbocycles. The second kappa shape index (κ2) is 9.26. The van der Waals surface area contributed by atoms with Gasteiger partial charge in [-0.25, -0.2) is 0 Å². The fourth-order valence-corrected chi connectivity index (χ4v) is 4.41. The number of carbonyl (C=O) groups excluding carboxylic acids is 1. The SMILES string of the molecule is CCOC(=O)[C@@H]1/C(=N\NS(=O)(=O)c2ccc(C)cc2)C=C(C)C[C@@H]1c1ccccc1. The number of nitrogens with one attached hydrogen (secondary N) is 1. The quantitative estimate of drug-likeness (QED) is 0.560. The van der Waals surface area contributed by atoms with Gasteiger partial charge >= 0.3 is 5.97 Å². The summed E-state index contributed by atoms with van der Waals surface area (Å²) in [5, 5.41) is 4.17. The van der Waals surface area contributed by atoms with Crippen LogP contribution in [0.5, 0.6) is 0 Å². The lowest BCUT2D eigenvalue weighted by Crippen LogP contribution is -2.35. The number of hydrazone groups is 1. The summed E-state index contributed by atoms with van der Waals surface area (Å²) in [4.78, 5) is 15.2. The van der Waals surface area contributed by atoms with Gasteiger partial charge in [0.25, 0.3) is 10.0 Å². The first-order valence-electron chi connectivity index (χ1n) is 9.86. The van der Waals surface area contributed by atoms with Crippen LogP contribution in [-0.2, 0) is 19.6 Å². The number of hydrogen-bond donors (Lipinski definition) is 1. The first-order valence-corrected chi connectivity index (χ1v) is 11.3. The number of hydrogen-bond acceptors (Lipinski definition) is 5. The largest absolute Gasteiger partial charge is 0.465 e. The predicted molar refractivity (Wildman–Crippen MR) is 117 cm³/mol. The normalized spacial score (nSPS) is 20.5. The Kier molecular flexibility index (Phi) is 6.72. The molecule has 0 bridgehead atoms. The van der Waals surface area contributed by atoms with E-state index in [0.29, 0.717) is 12.1 Å². The topological polar surface area (TPSA) is 84.8 Å². The van der Waals surface area contributed by atoms with E-state index < -0.39 is 21.9 Å².